The standard InChI is InChI=1S/C21H13BrN6OS2/c22-15-8-6-13(7-9-15)16-12-31-21(24-16)28-19(29)18(25-26-20-23-10-11-30-20)17(27-28)14-4-2-1-3-5-14/h1-12,27H. The highest BCUT2D eigenvalue weighted by atomic mass is 79.9. The Balaban J connectivity index is 1.60. The van der Waals surface area contributed by atoms with Crippen molar-refractivity contribution in [3.8, 4) is 27.6 Å². The molecule has 2 aromatic carbocycles. The highest BCUT2D eigenvalue weighted by Gasteiger charge is 2.19. The van der Waals surface area contributed by atoms with Gasteiger partial charge in [0.05, 0.1) is 11.4 Å². The van der Waals surface area contributed by atoms with Gasteiger partial charge in [-0.3, -0.25) is 9.89 Å². The van der Waals surface area contributed by atoms with Crippen molar-refractivity contribution >= 4 is 49.4 Å². The molecule has 1 N–H and O–H groups in total. The van der Waals surface area contributed by atoms with Crippen LogP contribution in [-0.2, 0) is 0 Å². The first kappa shape index (κ1) is 19.7. The highest BCUT2D eigenvalue weighted by Crippen LogP contribution is 2.30. The number of hydrogen-bond acceptors (Lipinski definition) is 7. The van der Waals surface area contributed by atoms with Crippen LogP contribution in [0.3, 0.4) is 0 Å². The maximum atomic E-state index is 13.2. The third-order valence-electron chi connectivity index (χ3n) is 4.41. The highest BCUT2D eigenvalue weighted by molar-refractivity contribution is 9.10. The van der Waals surface area contributed by atoms with Crippen LogP contribution in [0.5, 0.6) is 0 Å². The third-order valence-corrected chi connectivity index (χ3v) is 6.42. The second-order valence-electron chi connectivity index (χ2n) is 6.38. The normalized spacial score (nSPS) is 11.4. The van der Waals surface area contributed by atoms with Crippen LogP contribution in [0.25, 0.3) is 27.6 Å². The Labute approximate surface area is 192 Å². The maximum absolute atomic E-state index is 13.2. The number of rotatable bonds is 5. The molecule has 5 rings (SSSR count). The van der Waals surface area contributed by atoms with Crippen LogP contribution in [0, 0.1) is 0 Å². The van der Waals surface area contributed by atoms with E-state index in [2.05, 4.69) is 41.2 Å². The molecule has 10 heteroatoms. The molecule has 152 valence electrons. The van der Waals surface area contributed by atoms with Gasteiger partial charge in [0.2, 0.25) is 10.3 Å². The minimum Gasteiger partial charge on any atom is -0.286 e. The molecule has 0 bridgehead atoms. The van der Waals surface area contributed by atoms with Gasteiger partial charge in [-0.15, -0.1) is 32.9 Å². The molecule has 0 fully saturated rings. The summed E-state index contributed by atoms with van der Waals surface area (Å²) >= 11 is 6.17. The number of nitrogens with zero attached hydrogens (tertiary/aromatic N) is 5. The lowest BCUT2D eigenvalue weighted by Crippen LogP contribution is -2.13. The second-order valence-corrected chi connectivity index (χ2v) is 9.00. The van der Waals surface area contributed by atoms with E-state index in [1.165, 1.54) is 27.4 Å². The number of H-pyrrole nitrogens is 1. The monoisotopic (exact) mass is 508 g/mol. The van der Waals surface area contributed by atoms with Crippen LogP contribution in [0.4, 0.5) is 10.8 Å². The summed E-state index contributed by atoms with van der Waals surface area (Å²) in [4.78, 5) is 22.0. The number of thiazole rings is 2. The van der Waals surface area contributed by atoms with Crippen LogP contribution in [0.15, 0.2) is 91.1 Å². The molecule has 0 saturated heterocycles. The predicted molar refractivity (Wildman–Crippen MR) is 127 cm³/mol. The zero-order valence-electron chi connectivity index (χ0n) is 15.8. The van der Waals surface area contributed by atoms with E-state index in [0.717, 1.165) is 21.3 Å². The number of azo groups is 1. The fourth-order valence-electron chi connectivity index (χ4n) is 2.94. The molecule has 0 atom stereocenters. The minimum atomic E-state index is -0.323. The first-order valence-corrected chi connectivity index (χ1v) is 11.7. The average Bonchev–Trinajstić information content (AvgIpc) is 3.54. The number of halogens is 1. The van der Waals surface area contributed by atoms with Gasteiger partial charge < -0.3 is 0 Å². The van der Waals surface area contributed by atoms with E-state index in [-0.39, 0.29) is 11.2 Å². The summed E-state index contributed by atoms with van der Waals surface area (Å²) in [6, 6.07) is 17.4. The average molecular weight is 509 g/mol. The number of benzene rings is 2. The number of aromatic amines is 1. The Bertz CT molecular complexity index is 1400. The molecule has 7 nitrogen and oxygen atoms in total. The first-order chi connectivity index (χ1) is 15.2. The Morgan fingerprint density at radius 1 is 0.968 bits per heavy atom. The molecule has 0 aliphatic heterocycles. The molecule has 31 heavy (non-hydrogen) atoms. The molecule has 0 unspecified atom stereocenters. The number of aromatic nitrogens is 4. The van der Waals surface area contributed by atoms with Crippen LogP contribution in [0.2, 0.25) is 0 Å². The van der Waals surface area contributed by atoms with E-state index in [9.17, 15) is 4.79 Å². The van der Waals surface area contributed by atoms with Gasteiger partial charge in [-0.25, -0.2) is 9.97 Å². The quantitative estimate of drug-likeness (QED) is 0.271. The molecule has 0 aliphatic rings. The van der Waals surface area contributed by atoms with Gasteiger partial charge in [0.1, 0.15) is 0 Å². The lowest BCUT2D eigenvalue weighted by molar-refractivity contribution is 0.843. The second kappa shape index (κ2) is 8.50. The molecule has 5 aromatic rings. The molecule has 3 heterocycles. The van der Waals surface area contributed by atoms with Gasteiger partial charge in [0.15, 0.2) is 5.69 Å². The van der Waals surface area contributed by atoms with Crippen molar-refractivity contribution in [1.29, 1.82) is 0 Å². The van der Waals surface area contributed by atoms with Crippen molar-refractivity contribution in [2.45, 2.75) is 0 Å². The summed E-state index contributed by atoms with van der Waals surface area (Å²) in [7, 11) is 0. The van der Waals surface area contributed by atoms with E-state index >= 15 is 0 Å². The van der Waals surface area contributed by atoms with Crippen LogP contribution in [0.1, 0.15) is 0 Å². The summed E-state index contributed by atoms with van der Waals surface area (Å²) in [5.41, 5.74) is 3.05. The van der Waals surface area contributed by atoms with Gasteiger partial charge in [0.25, 0.3) is 0 Å². The molecule has 3 aromatic heterocycles. The summed E-state index contributed by atoms with van der Waals surface area (Å²) < 4.78 is 2.40. The zero-order valence-corrected chi connectivity index (χ0v) is 19.0. The molecule has 0 spiro atoms. The van der Waals surface area contributed by atoms with Gasteiger partial charge in [-0.2, -0.15) is 4.68 Å². The molecule has 0 saturated carbocycles. The number of nitrogens with one attached hydrogen (secondary N) is 1. The Kier molecular flexibility index (Phi) is 5.41. The molecular weight excluding hydrogens is 496 g/mol. The molecule has 0 radical (unpaired) electrons. The van der Waals surface area contributed by atoms with Crippen molar-refractivity contribution in [2.24, 2.45) is 10.2 Å². The third kappa shape index (κ3) is 4.05. The minimum absolute atomic E-state index is 0.210. The molecular formula is C21H13BrN6OS2. The topological polar surface area (TPSA) is 88.3 Å². The van der Waals surface area contributed by atoms with Crippen molar-refractivity contribution in [3.05, 3.63) is 86.4 Å². The maximum Gasteiger partial charge on any atom is 0.301 e. The lowest BCUT2D eigenvalue weighted by atomic mass is 10.1. The summed E-state index contributed by atoms with van der Waals surface area (Å²) in [6.45, 7) is 0. The van der Waals surface area contributed by atoms with E-state index in [0.29, 0.717) is 16.0 Å². The van der Waals surface area contributed by atoms with Crippen LogP contribution < -0.4 is 5.56 Å². The smallest absolute Gasteiger partial charge is 0.286 e. The van der Waals surface area contributed by atoms with Gasteiger partial charge in [-0.1, -0.05) is 58.4 Å². The summed E-state index contributed by atoms with van der Waals surface area (Å²) in [5.74, 6) is 0. The van der Waals surface area contributed by atoms with Gasteiger partial charge >= 0.3 is 5.56 Å². The van der Waals surface area contributed by atoms with Crippen LogP contribution in [-0.4, -0.2) is 19.7 Å². The number of hydrogen-bond donors (Lipinski definition) is 1. The van der Waals surface area contributed by atoms with E-state index in [1.54, 1.807) is 11.6 Å². The van der Waals surface area contributed by atoms with Crippen molar-refractivity contribution in [2.75, 3.05) is 0 Å². The fourth-order valence-corrected chi connectivity index (χ4v) is 4.45. The Morgan fingerprint density at radius 3 is 2.52 bits per heavy atom. The van der Waals surface area contributed by atoms with E-state index < -0.39 is 0 Å². The fraction of sp³-hybridized carbons (Fsp3) is 0. The van der Waals surface area contributed by atoms with Crippen molar-refractivity contribution < 1.29 is 0 Å². The van der Waals surface area contributed by atoms with Crippen molar-refractivity contribution in [3.63, 3.8) is 0 Å². The Hall–Kier alpha value is -3.21. The summed E-state index contributed by atoms with van der Waals surface area (Å²) in [5, 5.41) is 16.3. The summed E-state index contributed by atoms with van der Waals surface area (Å²) in [6.07, 6.45) is 1.64. The predicted octanol–water partition coefficient (Wildman–Crippen LogP) is 6.59. The lowest BCUT2D eigenvalue weighted by Gasteiger charge is -1.99. The Morgan fingerprint density at radius 2 is 1.77 bits per heavy atom. The molecule has 0 aliphatic carbocycles. The van der Waals surface area contributed by atoms with Gasteiger partial charge in [0, 0.05) is 32.6 Å². The van der Waals surface area contributed by atoms with E-state index in [1.807, 2.05) is 60.0 Å². The zero-order chi connectivity index (χ0) is 21.2. The first-order valence-electron chi connectivity index (χ1n) is 9.12. The van der Waals surface area contributed by atoms with E-state index in [4.69, 9.17) is 0 Å². The van der Waals surface area contributed by atoms with Crippen molar-refractivity contribution in [1.82, 2.24) is 19.7 Å². The SMILES string of the molecule is O=c1c(N=Nc2nccs2)c(-c2ccccc2)[nH]n1-c1nc(-c2ccc(Br)cc2)cs1. The van der Waals surface area contributed by atoms with Gasteiger partial charge in [-0.05, 0) is 12.1 Å². The van der Waals surface area contributed by atoms with Crippen LogP contribution >= 0.6 is 38.6 Å². The largest absolute Gasteiger partial charge is 0.301 e. The molecule has 0 amide bonds.